The molecule has 2 atom stereocenters. The maximum Gasteiger partial charge on any atom is 0.338 e. The molecule has 1 heterocycles. The van der Waals surface area contributed by atoms with E-state index in [4.69, 9.17) is 4.74 Å². The van der Waals surface area contributed by atoms with Gasteiger partial charge in [0.25, 0.3) is 0 Å². The van der Waals surface area contributed by atoms with Crippen LogP contribution in [0, 0.1) is 0 Å². The Hall–Kier alpha value is -2.27. The van der Waals surface area contributed by atoms with Crippen LogP contribution in [0.25, 0.3) is 0 Å². The summed E-state index contributed by atoms with van der Waals surface area (Å²) < 4.78 is 5.00. The lowest BCUT2D eigenvalue weighted by atomic mass is 10.1. The van der Waals surface area contributed by atoms with Crippen molar-refractivity contribution in [3.63, 3.8) is 0 Å². The highest BCUT2D eigenvalue weighted by Crippen LogP contribution is 2.45. The summed E-state index contributed by atoms with van der Waals surface area (Å²) in [5, 5.41) is -0.151. The fraction of sp³-hybridized carbons (Fsp3) is 0.263. The third kappa shape index (κ3) is 3.17. The molecule has 2 aromatic carbocycles. The van der Waals surface area contributed by atoms with Crippen LogP contribution in [0.3, 0.4) is 0 Å². The number of thioether (sulfide) groups is 1. The van der Waals surface area contributed by atoms with Crippen LogP contribution in [0.15, 0.2) is 54.6 Å². The molecule has 1 fully saturated rings. The van der Waals surface area contributed by atoms with E-state index in [1.54, 1.807) is 47.9 Å². The molecule has 0 bridgehead atoms. The number of benzene rings is 2. The fourth-order valence-electron chi connectivity index (χ4n) is 2.70. The van der Waals surface area contributed by atoms with Gasteiger partial charge in [0.1, 0.15) is 5.37 Å². The molecule has 5 heteroatoms. The van der Waals surface area contributed by atoms with Crippen LogP contribution in [0.1, 0.15) is 35.1 Å². The Morgan fingerprint density at radius 3 is 2.42 bits per heavy atom. The second-order valence-electron chi connectivity index (χ2n) is 5.52. The monoisotopic (exact) mass is 341 g/mol. The first-order valence-electron chi connectivity index (χ1n) is 7.92. The Labute approximate surface area is 145 Å². The Morgan fingerprint density at radius 1 is 1.12 bits per heavy atom. The lowest BCUT2D eigenvalue weighted by Crippen LogP contribution is -2.30. The summed E-state index contributed by atoms with van der Waals surface area (Å²) in [6.07, 6.45) is 0. The number of esters is 1. The van der Waals surface area contributed by atoms with E-state index in [1.165, 1.54) is 0 Å². The van der Waals surface area contributed by atoms with Gasteiger partial charge in [0.2, 0.25) is 5.91 Å². The Balaban J connectivity index is 1.90. The molecule has 0 saturated carbocycles. The van der Waals surface area contributed by atoms with Gasteiger partial charge < -0.3 is 4.74 Å². The zero-order valence-corrected chi connectivity index (χ0v) is 14.5. The summed E-state index contributed by atoms with van der Waals surface area (Å²) in [5.74, 6) is -0.267. The van der Waals surface area contributed by atoms with Crippen molar-refractivity contribution in [2.24, 2.45) is 0 Å². The Morgan fingerprint density at radius 2 is 1.79 bits per heavy atom. The molecule has 2 unspecified atom stereocenters. The molecule has 1 amide bonds. The van der Waals surface area contributed by atoms with Crippen LogP contribution >= 0.6 is 11.8 Å². The van der Waals surface area contributed by atoms with Crippen molar-refractivity contribution >= 4 is 29.3 Å². The number of rotatable bonds is 4. The molecule has 24 heavy (non-hydrogen) atoms. The van der Waals surface area contributed by atoms with Gasteiger partial charge in [0, 0.05) is 5.69 Å². The topological polar surface area (TPSA) is 46.6 Å². The molecule has 1 aliphatic rings. The van der Waals surface area contributed by atoms with Crippen LogP contribution < -0.4 is 4.90 Å². The standard InChI is InChI=1S/C19H19NO3S/c1-3-23-19(22)15-9-11-16(12-10-15)20-17(21)13(2)24-18(20)14-7-5-4-6-8-14/h4-13,18H,3H2,1-2H3. The largest absolute Gasteiger partial charge is 0.462 e. The number of carbonyl (C=O) groups is 2. The normalized spacial score (nSPS) is 20.2. The Bertz CT molecular complexity index is 730. The molecule has 0 aromatic heterocycles. The molecule has 2 aromatic rings. The molecule has 0 N–H and O–H groups in total. The zero-order valence-electron chi connectivity index (χ0n) is 13.6. The lowest BCUT2D eigenvalue weighted by molar-refractivity contribution is -0.117. The van der Waals surface area contributed by atoms with Crippen molar-refractivity contribution < 1.29 is 14.3 Å². The summed E-state index contributed by atoms with van der Waals surface area (Å²) in [5.41, 5.74) is 2.37. The lowest BCUT2D eigenvalue weighted by Gasteiger charge is -2.24. The van der Waals surface area contributed by atoms with Gasteiger partial charge in [-0.3, -0.25) is 9.69 Å². The molecular formula is C19H19NO3S. The number of ether oxygens (including phenoxy) is 1. The quantitative estimate of drug-likeness (QED) is 0.788. The number of carbonyl (C=O) groups excluding carboxylic acids is 2. The highest BCUT2D eigenvalue weighted by Gasteiger charge is 2.39. The Kier molecular flexibility index (Phi) is 4.90. The van der Waals surface area contributed by atoms with E-state index < -0.39 is 0 Å². The minimum atomic E-state index is -0.348. The van der Waals surface area contributed by atoms with Crippen LogP contribution in [0.4, 0.5) is 5.69 Å². The zero-order chi connectivity index (χ0) is 17.1. The van der Waals surface area contributed by atoms with Crippen molar-refractivity contribution in [2.45, 2.75) is 24.5 Å². The summed E-state index contributed by atoms with van der Waals surface area (Å²) in [6, 6.07) is 17.0. The molecule has 3 rings (SSSR count). The van der Waals surface area contributed by atoms with E-state index in [1.807, 2.05) is 37.3 Å². The number of anilines is 1. The first-order valence-corrected chi connectivity index (χ1v) is 8.86. The summed E-state index contributed by atoms with van der Waals surface area (Å²) in [7, 11) is 0. The first-order chi connectivity index (χ1) is 11.6. The van der Waals surface area contributed by atoms with Gasteiger partial charge in [-0.15, -0.1) is 11.8 Å². The number of amides is 1. The van der Waals surface area contributed by atoms with E-state index >= 15 is 0 Å². The second kappa shape index (κ2) is 7.09. The SMILES string of the molecule is CCOC(=O)c1ccc(N2C(=O)C(C)SC2c2ccccc2)cc1. The third-order valence-corrected chi connectivity index (χ3v) is 5.24. The van der Waals surface area contributed by atoms with E-state index in [-0.39, 0.29) is 22.5 Å². The van der Waals surface area contributed by atoms with Crippen molar-refractivity contribution in [1.29, 1.82) is 0 Å². The van der Waals surface area contributed by atoms with Crippen LogP contribution in [-0.4, -0.2) is 23.7 Å². The van der Waals surface area contributed by atoms with E-state index in [0.717, 1.165) is 11.3 Å². The average molecular weight is 341 g/mol. The van der Waals surface area contributed by atoms with Gasteiger partial charge in [0.15, 0.2) is 0 Å². The number of nitrogens with zero attached hydrogens (tertiary/aromatic N) is 1. The third-order valence-electron chi connectivity index (χ3n) is 3.89. The minimum Gasteiger partial charge on any atom is -0.462 e. The van der Waals surface area contributed by atoms with Gasteiger partial charge in [-0.1, -0.05) is 30.3 Å². The predicted molar refractivity (Wildman–Crippen MR) is 96.1 cm³/mol. The molecule has 0 aliphatic carbocycles. The molecule has 4 nitrogen and oxygen atoms in total. The molecule has 1 saturated heterocycles. The summed E-state index contributed by atoms with van der Waals surface area (Å²) in [6.45, 7) is 4.05. The average Bonchev–Trinajstić information content (AvgIpc) is 2.91. The van der Waals surface area contributed by atoms with E-state index in [2.05, 4.69) is 0 Å². The van der Waals surface area contributed by atoms with Gasteiger partial charge in [0.05, 0.1) is 17.4 Å². The van der Waals surface area contributed by atoms with Crippen LogP contribution in [0.2, 0.25) is 0 Å². The van der Waals surface area contributed by atoms with E-state index in [9.17, 15) is 9.59 Å². The van der Waals surface area contributed by atoms with Gasteiger partial charge in [-0.25, -0.2) is 4.79 Å². The van der Waals surface area contributed by atoms with Crippen molar-refractivity contribution in [3.05, 3.63) is 65.7 Å². The van der Waals surface area contributed by atoms with Crippen molar-refractivity contribution in [1.82, 2.24) is 0 Å². The molecular weight excluding hydrogens is 322 g/mol. The van der Waals surface area contributed by atoms with Gasteiger partial charge in [-0.2, -0.15) is 0 Å². The maximum absolute atomic E-state index is 12.6. The first kappa shape index (κ1) is 16.6. The highest BCUT2D eigenvalue weighted by atomic mass is 32.2. The van der Waals surface area contributed by atoms with Crippen molar-refractivity contribution in [3.8, 4) is 0 Å². The smallest absolute Gasteiger partial charge is 0.338 e. The minimum absolute atomic E-state index is 0.0536. The predicted octanol–water partition coefficient (Wildman–Crippen LogP) is 4.03. The van der Waals surface area contributed by atoms with Crippen molar-refractivity contribution in [2.75, 3.05) is 11.5 Å². The second-order valence-corrected chi connectivity index (χ2v) is 6.94. The molecule has 0 radical (unpaired) electrons. The number of hydrogen-bond acceptors (Lipinski definition) is 4. The number of hydrogen-bond donors (Lipinski definition) is 0. The highest BCUT2D eigenvalue weighted by molar-refractivity contribution is 8.01. The maximum atomic E-state index is 12.6. The molecule has 124 valence electrons. The molecule has 0 spiro atoms. The van der Waals surface area contributed by atoms with Crippen LogP contribution in [0.5, 0.6) is 0 Å². The fourth-order valence-corrected chi connectivity index (χ4v) is 3.98. The molecule has 1 aliphatic heterocycles. The summed E-state index contributed by atoms with van der Waals surface area (Å²) in [4.78, 5) is 26.2. The van der Waals surface area contributed by atoms with E-state index in [0.29, 0.717) is 12.2 Å². The van der Waals surface area contributed by atoms with Gasteiger partial charge in [-0.05, 0) is 43.7 Å². The summed E-state index contributed by atoms with van der Waals surface area (Å²) >= 11 is 1.63. The van der Waals surface area contributed by atoms with Gasteiger partial charge >= 0.3 is 5.97 Å². The van der Waals surface area contributed by atoms with Crippen LogP contribution in [-0.2, 0) is 9.53 Å².